The van der Waals surface area contributed by atoms with Crippen molar-refractivity contribution >= 4 is 11.9 Å². The molecule has 0 aliphatic carbocycles. The Morgan fingerprint density at radius 3 is 2.91 bits per heavy atom. The van der Waals surface area contributed by atoms with Crippen LogP contribution in [0.5, 0.6) is 0 Å². The summed E-state index contributed by atoms with van der Waals surface area (Å²) in [6.07, 6.45) is -0.117. The van der Waals surface area contributed by atoms with E-state index in [9.17, 15) is 4.79 Å². The lowest BCUT2D eigenvalue weighted by Gasteiger charge is -2.32. The lowest BCUT2D eigenvalue weighted by Crippen LogP contribution is -2.50. The van der Waals surface area contributed by atoms with Crippen LogP contribution >= 0.6 is 0 Å². The second-order valence-corrected chi connectivity index (χ2v) is 6.87. The summed E-state index contributed by atoms with van der Waals surface area (Å²) in [6.45, 7) is 10.7. The molecule has 0 saturated carbocycles. The number of amides is 1. The van der Waals surface area contributed by atoms with E-state index in [1.54, 1.807) is 4.90 Å². The zero-order valence-electron chi connectivity index (χ0n) is 14.1. The Morgan fingerprint density at radius 1 is 1.45 bits per heavy atom. The predicted molar refractivity (Wildman–Crippen MR) is 85.3 cm³/mol. The van der Waals surface area contributed by atoms with Crippen molar-refractivity contribution in [1.29, 1.82) is 0 Å². The minimum Gasteiger partial charge on any atom is -0.444 e. The fourth-order valence-corrected chi connectivity index (χ4v) is 2.43. The Morgan fingerprint density at radius 2 is 2.23 bits per heavy atom. The summed E-state index contributed by atoms with van der Waals surface area (Å²) in [4.78, 5) is 20.5. The maximum atomic E-state index is 12.1. The molecule has 0 aromatic carbocycles. The van der Waals surface area contributed by atoms with Crippen LogP contribution in [0.1, 0.15) is 20.8 Å². The molecule has 0 aromatic rings. The van der Waals surface area contributed by atoms with Crippen molar-refractivity contribution in [1.82, 2.24) is 15.1 Å². The molecule has 1 amide bonds. The van der Waals surface area contributed by atoms with E-state index < -0.39 is 5.60 Å². The van der Waals surface area contributed by atoms with Gasteiger partial charge < -0.3 is 19.7 Å². The zero-order valence-corrected chi connectivity index (χ0v) is 14.1. The van der Waals surface area contributed by atoms with Crippen LogP contribution in [0.2, 0.25) is 0 Å². The number of nitrogens with one attached hydrogen (secondary N) is 1. The Bertz CT molecular complexity index is 420. The van der Waals surface area contributed by atoms with Crippen molar-refractivity contribution in [3.8, 4) is 0 Å². The molecule has 7 heteroatoms. The van der Waals surface area contributed by atoms with Crippen LogP contribution in [-0.2, 0) is 9.47 Å². The number of nitrogens with zero attached hydrogens (tertiary/aromatic N) is 3. The molecule has 1 saturated heterocycles. The molecule has 0 aromatic heterocycles. The number of likely N-dealkylation sites (N-methyl/N-ethyl adjacent to an activating group) is 1. The molecule has 2 aliphatic heterocycles. The molecule has 1 atom stereocenters. The summed E-state index contributed by atoms with van der Waals surface area (Å²) >= 11 is 0. The predicted octanol–water partition coefficient (Wildman–Crippen LogP) is 0.556. The minimum atomic E-state index is -0.472. The molecule has 2 aliphatic rings. The number of amidine groups is 1. The standard InChI is InChI=1S/C15H28N4O3/c1-15(2,3)22-14(20)19-6-5-16-13(11-19)17-9-12-10-18(4)7-8-21-12/h12H,5-11H2,1-4H3,(H,16,17). The van der Waals surface area contributed by atoms with E-state index in [4.69, 9.17) is 9.47 Å². The third kappa shape index (κ3) is 5.46. The maximum Gasteiger partial charge on any atom is 0.410 e. The fraction of sp³-hybridized carbons (Fsp3) is 0.867. The van der Waals surface area contributed by atoms with Gasteiger partial charge in [0.2, 0.25) is 0 Å². The van der Waals surface area contributed by atoms with E-state index in [2.05, 4.69) is 22.3 Å². The first-order valence-electron chi connectivity index (χ1n) is 7.89. The summed E-state index contributed by atoms with van der Waals surface area (Å²) < 4.78 is 11.1. The Kier molecular flexibility index (Phi) is 5.63. The largest absolute Gasteiger partial charge is 0.444 e. The Balaban J connectivity index is 1.78. The zero-order chi connectivity index (χ0) is 16.2. The third-order valence-electron chi connectivity index (χ3n) is 3.54. The van der Waals surface area contributed by atoms with Crippen LogP contribution in [-0.4, -0.2) is 86.4 Å². The van der Waals surface area contributed by atoms with Gasteiger partial charge in [-0.3, -0.25) is 9.89 Å². The SMILES string of the molecule is CN1CCOC(CNC2=NCCN(C(=O)OC(C)(C)C)C2)C1. The minimum absolute atomic E-state index is 0.165. The second-order valence-electron chi connectivity index (χ2n) is 6.87. The number of rotatable bonds is 2. The van der Waals surface area contributed by atoms with Gasteiger partial charge in [-0.25, -0.2) is 4.79 Å². The second kappa shape index (κ2) is 7.28. The number of hydrogen-bond acceptors (Lipinski definition) is 6. The average molecular weight is 312 g/mol. The highest BCUT2D eigenvalue weighted by Crippen LogP contribution is 2.11. The summed E-state index contributed by atoms with van der Waals surface area (Å²) in [5, 5.41) is 3.31. The van der Waals surface area contributed by atoms with E-state index in [1.807, 2.05) is 20.8 Å². The molecule has 1 unspecified atom stereocenters. The molecule has 1 N–H and O–H groups in total. The molecule has 0 spiro atoms. The van der Waals surface area contributed by atoms with Crippen LogP contribution in [0.15, 0.2) is 4.99 Å². The molecule has 0 radical (unpaired) electrons. The quantitative estimate of drug-likeness (QED) is 0.807. The summed E-state index contributed by atoms with van der Waals surface area (Å²) in [6, 6.07) is 0. The number of ether oxygens (including phenoxy) is 2. The first-order valence-corrected chi connectivity index (χ1v) is 7.89. The number of morpholine rings is 1. The normalized spacial score (nSPS) is 23.9. The molecule has 2 heterocycles. The topological polar surface area (TPSA) is 66.4 Å². The van der Waals surface area contributed by atoms with Crippen LogP contribution in [0.3, 0.4) is 0 Å². The maximum absolute atomic E-state index is 12.1. The highest BCUT2D eigenvalue weighted by Gasteiger charge is 2.25. The van der Waals surface area contributed by atoms with E-state index in [0.717, 1.165) is 25.5 Å². The molecule has 2 rings (SSSR count). The van der Waals surface area contributed by atoms with Crippen molar-refractivity contribution in [2.24, 2.45) is 4.99 Å². The summed E-state index contributed by atoms with van der Waals surface area (Å²) in [5.41, 5.74) is -0.472. The summed E-state index contributed by atoms with van der Waals surface area (Å²) in [7, 11) is 2.10. The van der Waals surface area contributed by atoms with Crippen molar-refractivity contribution in [2.75, 3.05) is 52.9 Å². The van der Waals surface area contributed by atoms with Crippen molar-refractivity contribution < 1.29 is 14.3 Å². The van der Waals surface area contributed by atoms with Gasteiger partial charge in [-0.05, 0) is 27.8 Å². The molecule has 7 nitrogen and oxygen atoms in total. The van der Waals surface area contributed by atoms with Crippen LogP contribution in [0.4, 0.5) is 4.79 Å². The first kappa shape index (κ1) is 17.0. The van der Waals surface area contributed by atoms with Gasteiger partial charge in [0.25, 0.3) is 0 Å². The van der Waals surface area contributed by atoms with E-state index in [1.165, 1.54) is 0 Å². The molecule has 1 fully saturated rings. The van der Waals surface area contributed by atoms with Gasteiger partial charge >= 0.3 is 6.09 Å². The van der Waals surface area contributed by atoms with Gasteiger partial charge in [0, 0.05) is 26.2 Å². The Hall–Kier alpha value is -1.34. The summed E-state index contributed by atoms with van der Waals surface area (Å²) in [5.74, 6) is 0.828. The van der Waals surface area contributed by atoms with Gasteiger partial charge in [0.1, 0.15) is 11.4 Å². The van der Waals surface area contributed by atoms with Gasteiger partial charge in [-0.2, -0.15) is 0 Å². The number of hydrogen-bond donors (Lipinski definition) is 1. The van der Waals surface area contributed by atoms with Crippen LogP contribution in [0.25, 0.3) is 0 Å². The average Bonchev–Trinajstić information content (AvgIpc) is 2.44. The van der Waals surface area contributed by atoms with Crippen molar-refractivity contribution in [2.45, 2.75) is 32.5 Å². The molecule has 22 heavy (non-hydrogen) atoms. The third-order valence-corrected chi connectivity index (χ3v) is 3.54. The Labute approximate surface area is 132 Å². The fourth-order valence-electron chi connectivity index (χ4n) is 2.43. The van der Waals surface area contributed by atoms with E-state index >= 15 is 0 Å². The van der Waals surface area contributed by atoms with Gasteiger partial charge in [0.15, 0.2) is 0 Å². The number of aliphatic imine (C=N–C) groups is 1. The highest BCUT2D eigenvalue weighted by molar-refractivity contribution is 5.87. The van der Waals surface area contributed by atoms with Gasteiger partial charge in [-0.15, -0.1) is 0 Å². The molecular weight excluding hydrogens is 284 g/mol. The number of carbonyl (C=O) groups is 1. The molecule has 126 valence electrons. The number of carbonyl (C=O) groups excluding carboxylic acids is 1. The van der Waals surface area contributed by atoms with Crippen molar-refractivity contribution in [3.63, 3.8) is 0 Å². The first-order chi connectivity index (χ1) is 10.3. The highest BCUT2D eigenvalue weighted by atomic mass is 16.6. The van der Waals surface area contributed by atoms with Crippen LogP contribution in [0, 0.1) is 0 Å². The van der Waals surface area contributed by atoms with Gasteiger partial charge in [-0.1, -0.05) is 0 Å². The molecule has 0 bridgehead atoms. The van der Waals surface area contributed by atoms with Gasteiger partial charge in [0.05, 0.1) is 25.8 Å². The smallest absolute Gasteiger partial charge is 0.410 e. The monoisotopic (exact) mass is 312 g/mol. The lowest BCUT2D eigenvalue weighted by molar-refractivity contribution is -0.0161. The molecular formula is C15H28N4O3. The van der Waals surface area contributed by atoms with E-state index in [0.29, 0.717) is 26.2 Å². The van der Waals surface area contributed by atoms with Crippen LogP contribution < -0.4 is 5.32 Å². The van der Waals surface area contributed by atoms with E-state index in [-0.39, 0.29) is 12.2 Å². The van der Waals surface area contributed by atoms with Crippen molar-refractivity contribution in [3.05, 3.63) is 0 Å². The lowest BCUT2D eigenvalue weighted by atomic mass is 10.2.